The molecule has 1 aliphatic heterocycles. The molecule has 0 saturated carbocycles. The fraction of sp³-hybridized carbons (Fsp3) is 0.389. The lowest BCUT2D eigenvalue weighted by atomic mass is 10.1. The first-order chi connectivity index (χ1) is 11.1. The number of hydrogen-bond acceptors (Lipinski definition) is 3. The summed E-state index contributed by atoms with van der Waals surface area (Å²) in [5.41, 5.74) is 2.65. The molecule has 0 aliphatic carbocycles. The van der Waals surface area contributed by atoms with E-state index in [1.165, 1.54) is 0 Å². The van der Waals surface area contributed by atoms with E-state index in [1.807, 2.05) is 55.9 Å². The molecule has 2 aromatic rings. The first-order valence-electron chi connectivity index (χ1n) is 7.88. The fourth-order valence-electron chi connectivity index (χ4n) is 2.66. The number of aryl methyl sites for hydroxylation is 1. The quantitative estimate of drug-likeness (QED) is 0.947. The van der Waals surface area contributed by atoms with Gasteiger partial charge in [-0.25, -0.2) is 0 Å². The molecule has 0 radical (unpaired) electrons. The van der Waals surface area contributed by atoms with Gasteiger partial charge in [-0.3, -0.25) is 4.79 Å². The summed E-state index contributed by atoms with van der Waals surface area (Å²) in [7, 11) is 1.93. The van der Waals surface area contributed by atoms with Gasteiger partial charge < -0.3 is 19.4 Å². The number of fused-ring (bicyclic) bond motifs is 1. The number of amides is 1. The Hall–Kier alpha value is -2.43. The van der Waals surface area contributed by atoms with E-state index < -0.39 is 0 Å². The summed E-state index contributed by atoms with van der Waals surface area (Å²) in [5, 5.41) is 3.04. The van der Waals surface area contributed by atoms with Gasteiger partial charge in [-0.1, -0.05) is 6.07 Å². The van der Waals surface area contributed by atoms with Gasteiger partial charge in [0, 0.05) is 25.4 Å². The van der Waals surface area contributed by atoms with E-state index in [9.17, 15) is 4.79 Å². The van der Waals surface area contributed by atoms with E-state index in [1.54, 1.807) is 0 Å². The van der Waals surface area contributed by atoms with Crippen LogP contribution in [0.15, 0.2) is 30.5 Å². The van der Waals surface area contributed by atoms with E-state index in [4.69, 9.17) is 9.47 Å². The number of carbonyl (C=O) groups is 1. The lowest BCUT2D eigenvalue weighted by molar-refractivity contribution is 0.0939. The molecule has 0 fully saturated rings. The van der Waals surface area contributed by atoms with Crippen molar-refractivity contribution in [1.82, 2.24) is 9.88 Å². The Bertz CT molecular complexity index is 721. The Balaban J connectivity index is 1.75. The number of hydrogen-bond donors (Lipinski definition) is 1. The van der Waals surface area contributed by atoms with E-state index >= 15 is 0 Å². The van der Waals surface area contributed by atoms with E-state index in [0.717, 1.165) is 29.2 Å². The third-order valence-corrected chi connectivity index (χ3v) is 4.25. The molecule has 1 atom stereocenters. The van der Waals surface area contributed by atoms with E-state index in [-0.39, 0.29) is 11.9 Å². The van der Waals surface area contributed by atoms with Crippen LogP contribution in [0.25, 0.3) is 0 Å². The van der Waals surface area contributed by atoms with Gasteiger partial charge in [0.15, 0.2) is 11.5 Å². The SMILES string of the molecule is Cc1c(C(=O)NC(C)c2ccc3c(c2)OCCCO3)ccn1C. The highest BCUT2D eigenvalue weighted by Gasteiger charge is 2.17. The third kappa shape index (κ3) is 3.18. The molecule has 122 valence electrons. The standard InChI is InChI=1S/C18H22N2O3/c1-12(19-18(21)15-7-8-20(3)13(15)2)14-5-6-16-17(11-14)23-10-4-9-22-16/h5-8,11-12H,4,9-10H2,1-3H3,(H,19,21). The zero-order valence-corrected chi connectivity index (χ0v) is 13.8. The number of rotatable bonds is 3. The molecule has 2 heterocycles. The van der Waals surface area contributed by atoms with Crippen molar-refractivity contribution in [2.45, 2.75) is 26.3 Å². The van der Waals surface area contributed by atoms with Crippen LogP contribution in [0.3, 0.4) is 0 Å². The lowest BCUT2D eigenvalue weighted by Crippen LogP contribution is -2.27. The number of benzene rings is 1. The van der Waals surface area contributed by atoms with Crippen LogP contribution >= 0.6 is 0 Å². The first kappa shape index (κ1) is 15.5. The smallest absolute Gasteiger partial charge is 0.253 e. The van der Waals surface area contributed by atoms with Gasteiger partial charge in [-0.2, -0.15) is 0 Å². The molecule has 0 bridgehead atoms. The predicted molar refractivity (Wildman–Crippen MR) is 88.1 cm³/mol. The van der Waals surface area contributed by atoms with Crippen LogP contribution < -0.4 is 14.8 Å². The van der Waals surface area contributed by atoms with Crippen LogP contribution in [-0.2, 0) is 7.05 Å². The van der Waals surface area contributed by atoms with Crippen LogP contribution in [0, 0.1) is 6.92 Å². The van der Waals surface area contributed by atoms with Crippen molar-refractivity contribution in [3.8, 4) is 11.5 Å². The first-order valence-corrected chi connectivity index (χ1v) is 7.88. The third-order valence-electron chi connectivity index (χ3n) is 4.25. The summed E-state index contributed by atoms with van der Waals surface area (Å²) in [6, 6.07) is 7.55. The van der Waals surface area contributed by atoms with Gasteiger partial charge in [0.2, 0.25) is 0 Å². The normalized spacial score (nSPS) is 14.9. The lowest BCUT2D eigenvalue weighted by Gasteiger charge is -2.16. The molecule has 3 rings (SSSR count). The van der Waals surface area contributed by atoms with Gasteiger partial charge >= 0.3 is 0 Å². The molecular weight excluding hydrogens is 292 g/mol. The molecule has 5 nitrogen and oxygen atoms in total. The maximum Gasteiger partial charge on any atom is 0.253 e. The van der Waals surface area contributed by atoms with E-state index in [0.29, 0.717) is 18.8 Å². The number of nitrogens with zero attached hydrogens (tertiary/aromatic N) is 1. The van der Waals surface area contributed by atoms with Crippen molar-refractivity contribution in [3.05, 3.63) is 47.3 Å². The van der Waals surface area contributed by atoms with Gasteiger partial charge in [0.1, 0.15) is 0 Å². The Morgan fingerprint density at radius 2 is 1.96 bits per heavy atom. The largest absolute Gasteiger partial charge is 0.490 e. The summed E-state index contributed by atoms with van der Waals surface area (Å²) >= 11 is 0. The molecule has 0 saturated heterocycles. The highest BCUT2D eigenvalue weighted by molar-refractivity contribution is 5.95. The number of ether oxygens (including phenoxy) is 2. The zero-order valence-electron chi connectivity index (χ0n) is 13.8. The summed E-state index contributed by atoms with van der Waals surface area (Å²) in [6.07, 6.45) is 2.77. The second-order valence-corrected chi connectivity index (χ2v) is 5.88. The van der Waals surface area contributed by atoms with Crippen LogP contribution in [0.1, 0.15) is 41.0 Å². The second-order valence-electron chi connectivity index (χ2n) is 5.88. The minimum atomic E-state index is -0.112. The van der Waals surface area contributed by atoms with Crippen LogP contribution in [0.2, 0.25) is 0 Å². The van der Waals surface area contributed by atoms with Gasteiger partial charge in [0.05, 0.1) is 24.8 Å². The van der Waals surface area contributed by atoms with Crippen LogP contribution in [0.5, 0.6) is 11.5 Å². The molecule has 1 N–H and O–H groups in total. The maximum absolute atomic E-state index is 12.4. The van der Waals surface area contributed by atoms with Crippen LogP contribution in [-0.4, -0.2) is 23.7 Å². The zero-order chi connectivity index (χ0) is 16.4. The molecule has 1 unspecified atom stereocenters. The van der Waals surface area contributed by atoms with Crippen molar-refractivity contribution in [2.24, 2.45) is 7.05 Å². The highest BCUT2D eigenvalue weighted by Crippen LogP contribution is 2.32. The summed E-state index contributed by atoms with van der Waals surface area (Å²) in [4.78, 5) is 12.4. The van der Waals surface area contributed by atoms with Crippen molar-refractivity contribution in [1.29, 1.82) is 0 Å². The van der Waals surface area contributed by atoms with Crippen LogP contribution in [0.4, 0.5) is 0 Å². The highest BCUT2D eigenvalue weighted by atomic mass is 16.5. The Kier molecular flexibility index (Phi) is 4.28. The van der Waals surface area contributed by atoms with Gasteiger partial charge in [-0.05, 0) is 37.6 Å². The molecule has 1 aromatic carbocycles. The summed E-state index contributed by atoms with van der Waals surface area (Å²) in [6.45, 7) is 5.23. The minimum Gasteiger partial charge on any atom is -0.490 e. The molecule has 1 aromatic heterocycles. The number of carbonyl (C=O) groups excluding carboxylic acids is 1. The Labute approximate surface area is 136 Å². The Morgan fingerprint density at radius 3 is 2.65 bits per heavy atom. The predicted octanol–water partition coefficient (Wildman–Crippen LogP) is 2.99. The number of aromatic nitrogens is 1. The Morgan fingerprint density at radius 1 is 1.22 bits per heavy atom. The molecule has 5 heteroatoms. The molecule has 23 heavy (non-hydrogen) atoms. The molecule has 1 aliphatic rings. The fourth-order valence-corrected chi connectivity index (χ4v) is 2.66. The van der Waals surface area contributed by atoms with Crippen molar-refractivity contribution in [2.75, 3.05) is 13.2 Å². The average Bonchev–Trinajstić information content (AvgIpc) is 2.76. The minimum absolute atomic E-state index is 0.0669. The van der Waals surface area contributed by atoms with Crippen molar-refractivity contribution < 1.29 is 14.3 Å². The number of nitrogens with one attached hydrogen (secondary N) is 1. The second kappa shape index (κ2) is 6.36. The van der Waals surface area contributed by atoms with Gasteiger partial charge in [0.25, 0.3) is 5.91 Å². The molecular formula is C18H22N2O3. The summed E-state index contributed by atoms with van der Waals surface area (Å²) in [5.74, 6) is 1.45. The molecule has 0 spiro atoms. The average molecular weight is 314 g/mol. The summed E-state index contributed by atoms with van der Waals surface area (Å²) < 4.78 is 13.3. The van der Waals surface area contributed by atoms with Gasteiger partial charge in [-0.15, -0.1) is 0 Å². The monoisotopic (exact) mass is 314 g/mol. The maximum atomic E-state index is 12.4. The van der Waals surface area contributed by atoms with Crippen molar-refractivity contribution >= 4 is 5.91 Å². The molecule has 1 amide bonds. The van der Waals surface area contributed by atoms with Crippen molar-refractivity contribution in [3.63, 3.8) is 0 Å². The van der Waals surface area contributed by atoms with E-state index in [2.05, 4.69) is 5.32 Å². The topological polar surface area (TPSA) is 52.5 Å².